The van der Waals surface area contributed by atoms with Crippen molar-refractivity contribution < 1.29 is 18.7 Å². The van der Waals surface area contributed by atoms with Crippen LogP contribution < -0.4 is 16.2 Å². The smallest absolute Gasteiger partial charge is 0.333 e. The topological polar surface area (TPSA) is 92.6 Å². The first-order valence-corrected chi connectivity index (χ1v) is 6.59. The highest BCUT2D eigenvalue weighted by Crippen LogP contribution is 2.13. The Morgan fingerprint density at radius 2 is 2.15 bits per heavy atom. The number of hydrazine groups is 1. The molecule has 0 spiro atoms. The molecule has 0 aromatic carbocycles. The fourth-order valence-corrected chi connectivity index (χ4v) is 2.09. The number of aryl methyl sites for hydroxylation is 2. The van der Waals surface area contributed by atoms with Crippen LogP contribution in [-0.4, -0.2) is 31.2 Å². The van der Waals surface area contributed by atoms with Crippen molar-refractivity contribution in [2.45, 2.75) is 32.8 Å². The third-order valence-corrected chi connectivity index (χ3v) is 3.09. The quantitative estimate of drug-likeness (QED) is 0.721. The predicted molar refractivity (Wildman–Crippen MR) is 71.2 cm³/mol. The van der Waals surface area contributed by atoms with Crippen molar-refractivity contribution in [1.82, 2.24) is 16.2 Å². The molecule has 0 aliphatic carbocycles. The molecule has 1 saturated heterocycles. The molecule has 3 amide bonds. The summed E-state index contributed by atoms with van der Waals surface area (Å²) in [5, 5.41) is 2.64. The van der Waals surface area contributed by atoms with Crippen LogP contribution in [0.15, 0.2) is 10.5 Å². The van der Waals surface area contributed by atoms with E-state index >= 15 is 0 Å². The number of hydrogen-bond acceptors (Lipinski definition) is 4. The second-order valence-electron chi connectivity index (χ2n) is 4.75. The Hall–Kier alpha value is -2.02. The number of furan rings is 1. The lowest BCUT2D eigenvalue weighted by molar-refractivity contribution is 0.0932. The van der Waals surface area contributed by atoms with Crippen LogP contribution in [0.2, 0.25) is 0 Å². The van der Waals surface area contributed by atoms with Crippen LogP contribution in [-0.2, 0) is 4.74 Å². The summed E-state index contributed by atoms with van der Waals surface area (Å²) in [5.74, 6) is 0.753. The van der Waals surface area contributed by atoms with Crippen molar-refractivity contribution >= 4 is 11.9 Å². The van der Waals surface area contributed by atoms with Gasteiger partial charge in [-0.3, -0.25) is 10.2 Å². The van der Waals surface area contributed by atoms with E-state index in [1.807, 2.05) is 0 Å². The number of carbonyl (C=O) groups is 2. The van der Waals surface area contributed by atoms with Crippen LogP contribution in [0.3, 0.4) is 0 Å². The van der Waals surface area contributed by atoms with Gasteiger partial charge in [-0.2, -0.15) is 0 Å². The molecule has 1 aliphatic heterocycles. The second-order valence-corrected chi connectivity index (χ2v) is 4.75. The van der Waals surface area contributed by atoms with Gasteiger partial charge < -0.3 is 14.5 Å². The van der Waals surface area contributed by atoms with Crippen molar-refractivity contribution in [3.05, 3.63) is 23.2 Å². The Morgan fingerprint density at radius 3 is 2.75 bits per heavy atom. The van der Waals surface area contributed by atoms with E-state index in [0.717, 1.165) is 19.4 Å². The van der Waals surface area contributed by atoms with Gasteiger partial charge in [0.25, 0.3) is 5.91 Å². The molecule has 1 aliphatic rings. The molecule has 1 aromatic rings. The highest BCUT2D eigenvalue weighted by molar-refractivity contribution is 5.96. The Labute approximate surface area is 117 Å². The summed E-state index contributed by atoms with van der Waals surface area (Å²) in [6.45, 7) is 4.63. The van der Waals surface area contributed by atoms with E-state index in [4.69, 9.17) is 9.15 Å². The number of carbonyl (C=O) groups excluding carboxylic acids is 2. The van der Waals surface area contributed by atoms with Crippen molar-refractivity contribution in [1.29, 1.82) is 0 Å². The van der Waals surface area contributed by atoms with E-state index in [9.17, 15) is 9.59 Å². The van der Waals surface area contributed by atoms with E-state index in [1.165, 1.54) is 0 Å². The number of hydrogen-bond donors (Lipinski definition) is 3. The van der Waals surface area contributed by atoms with Crippen molar-refractivity contribution in [3.63, 3.8) is 0 Å². The first-order chi connectivity index (χ1) is 9.56. The van der Waals surface area contributed by atoms with Crippen molar-refractivity contribution in [2.75, 3.05) is 13.2 Å². The number of amides is 3. The van der Waals surface area contributed by atoms with Crippen LogP contribution in [0.5, 0.6) is 0 Å². The first kappa shape index (κ1) is 14.4. The molecular formula is C13H19N3O4. The molecule has 1 atom stereocenters. The average Bonchev–Trinajstić information content (AvgIpc) is 3.03. The van der Waals surface area contributed by atoms with Gasteiger partial charge in [-0.25, -0.2) is 10.2 Å². The minimum Gasteiger partial charge on any atom is -0.466 e. The van der Waals surface area contributed by atoms with Crippen LogP contribution in [0.4, 0.5) is 4.79 Å². The zero-order valence-corrected chi connectivity index (χ0v) is 11.6. The molecule has 0 saturated carbocycles. The zero-order valence-electron chi connectivity index (χ0n) is 11.6. The van der Waals surface area contributed by atoms with Gasteiger partial charge in [0, 0.05) is 13.2 Å². The average molecular weight is 281 g/mol. The van der Waals surface area contributed by atoms with Crippen molar-refractivity contribution in [3.8, 4) is 0 Å². The fourth-order valence-electron chi connectivity index (χ4n) is 2.09. The minimum absolute atomic E-state index is 0.0650. The highest BCUT2D eigenvalue weighted by Gasteiger charge is 2.17. The molecular weight excluding hydrogens is 262 g/mol. The number of ether oxygens (including phenoxy) is 1. The summed E-state index contributed by atoms with van der Waals surface area (Å²) in [7, 11) is 0. The third kappa shape index (κ3) is 3.74. The maximum Gasteiger partial charge on any atom is 0.333 e. The lowest BCUT2D eigenvalue weighted by Crippen LogP contribution is -2.48. The SMILES string of the molecule is Cc1cc(C(=O)NNC(=O)NC[C@H]2CCCO2)c(C)o1. The second kappa shape index (κ2) is 6.42. The monoisotopic (exact) mass is 281 g/mol. The Balaban J connectivity index is 1.72. The van der Waals surface area contributed by atoms with E-state index in [-0.39, 0.29) is 6.10 Å². The number of urea groups is 1. The van der Waals surface area contributed by atoms with E-state index in [0.29, 0.717) is 23.6 Å². The molecule has 0 bridgehead atoms. The summed E-state index contributed by atoms with van der Waals surface area (Å²) in [6, 6.07) is 1.16. The predicted octanol–water partition coefficient (Wildman–Crippen LogP) is 1.02. The Kier molecular flexibility index (Phi) is 4.62. The normalized spacial score (nSPS) is 17.8. The molecule has 3 N–H and O–H groups in total. The third-order valence-electron chi connectivity index (χ3n) is 3.09. The van der Waals surface area contributed by atoms with Gasteiger partial charge in [0.1, 0.15) is 11.5 Å². The van der Waals surface area contributed by atoms with E-state index < -0.39 is 11.9 Å². The van der Waals surface area contributed by atoms with E-state index in [1.54, 1.807) is 19.9 Å². The summed E-state index contributed by atoms with van der Waals surface area (Å²) >= 11 is 0. The van der Waals surface area contributed by atoms with Crippen LogP contribution >= 0.6 is 0 Å². The van der Waals surface area contributed by atoms with Gasteiger partial charge in [-0.1, -0.05) is 0 Å². The lowest BCUT2D eigenvalue weighted by Gasteiger charge is -2.12. The first-order valence-electron chi connectivity index (χ1n) is 6.59. The Morgan fingerprint density at radius 1 is 1.35 bits per heavy atom. The molecule has 7 nitrogen and oxygen atoms in total. The van der Waals surface area contributed by atoms with Gasteiger partial charge in [0.15, 0.2) is 0 Å². The highest BCUT2D eigenvalue weighted by atomic mass is 16.5. The molecule has 7 heteroatoms. The molecule has 1 fully saturated rings. The lowest BCUT2D eigenvalue weighted by atomic mass is 10.2. The molecule has 2 heterocycles. The van der Waals surface area contributed by atoms with Crippen LogP contribution in [0.25, 0.3) is 0 Å². The van der Waals surface area contributed by atoms with Gasteiger partial charge in [-0.05, 0) is 32.8 Å². The maximum atomic E-state index is 11.8. The summed E-state index contributed by atoms with van der Waals surface area (Å²) in [5.41, 5.74) is 5.03. The summed E-state index contributed by atoms with van der Waals surface area (Å²) in [6.07, 6.45) is 2.03. The molecule has 110 valence electrons. The largest absolute Gasteiger partial charge is 0.466 e. The van der Waals surface area contributed by atoms with Gasteiger partial charge >= 0.3 is 6.03 Å². The summed E-state index contributed by atoms with van der Waals surface area (Å²) < 4.78 is 10.6. The minimum atomic E-state index is -0.466. The van der Waals surface area contributed by atoms with Crippen LogP contribution in [0, 0.1) is 13.8 Å². The Bertz CT molecular complexity index is 492. The van der Waals surface area contributed by atoms with Gasteiger partial charge in [0.2, 0.25) is 0 Å². The molecule has 1 aromatic heterocycles. The van der Waals surface area contributed by atoms with Crippen LogP contribution in [0.1, 0.15) is 34.7 Å². The van der Waals surface area contributed by atoms with Gasteiger partial charge in [-0.15, -0.1) is 0 Å². The molecule has 0 radical (unpaired) electrons. The maximum absolute atomic E-state index is 11.8. The molecule has 0 unspecified atom stereocenters. The standard InChI is InChI=1S/C13H19N3O4/c1-8-6-11(9(2)20-8)12(17)15-16-13(18)14-7-10-4-3-5-19-10/h6,10H,3-5,7H2,1-2H3,(H,15,17)(H2,14,16,18)/t10-/m1/s1. The number of nitrogens with one attached hydrogen (secondary N) is 3. The van der Waals surface area contributed by atoms with Crippen molar-refractivity contribution in [2.24, 2.45) is 0 Å². The summed E-state index contributed by atoms with van der Waals surface area (Å²) in [4.78, 5) is 23.3. The van der Waals surface area contributed by atoms with Gasteiger partial charge in [0.05, 0.1) is 11.7 Å². The number of rotatable bonds is 3. The zero-order chi connectivity index (χ0) is 14.5. The molecule has 20 heavy (non-hydrogen) atoms. The fraction of sp³-hybridized carbons (Fsp3) is 0.538. The molecule has 2 rings (SSSR count). The van der Waals surface area contributed by atoms with E-state index in [2.05, 4.69) is 16.2 Å².